The Morgan fingerprint density at radius 2 is 1.81 bits per heavy atom. The molecule has 0 spiro atoms. The normalized spacial score (nSPS) is 10.7. The van der Waals surface area contributed by atoms with Crippen LogP contribution < -0.4 is 5.32 Å². The summed E-state index contributed by atoms with van der Waals surface area (Å²) in [6.45, 7) is 5.75. The fourth-order valence-electron chi connectivity index (χ4n) is 2.10. The van der Waals surface area contributed by atoms with E-state index < -0.39 is 0 Å². The molecule has 0 unspecified atom stereocenters. The van der Waals surface area contributed by atoms with E-state index in [1.807, 2.05) is 20.8 Å². The van der Waals surface area contributed by atoms with Crippen molar-refractivity contribution in [2.24, 2.45) is 0 Å². The first kappa shape index (κ1) is 15.0. The van der Waals surface area contributed by atoms with Crippen LogP contribution in [0.1, 0.15) is 41.3 Å². The van der Waals surface area contributed by atoms with E-state index in [-0.39, 0.29) is 23.4 Å². The number of rotatable bonds is 3. The Balaban J connectivity index is 2.28. The zero-order chi connectivity index (χ0) is 15.6. The van der Waals surface area contributed by atoms with Crippen LogP contribution in [0.2, 0.25) is 0 Å². The summed E-state index contributed by atoms with van der Waals surface area (Å²) in [5.74, 6) is -0.317. The number of amides is 1. The average Bonchev–Trinajstić information content (AvgIpc) is 2.42. The van der Waals surface area contributed by atoms with Gasteiger partial charge in [-0.05, 0) is 60.4 Å². The maximum Gasteiger partial charge on any atom is 0.255 e. The number of phenols is 1. The van der Waals surface area contributed by atoms with Crippen LogP contribution in [-0.4, -0.2) is 11.0 Å². The Kier molecular flexibility index (Phi) is 4.26. The number of hydrogen-bond acceptors (Lipinski definition) is 2. The van der Waals surface area contributed by atoms with Gasteiger partial charge in [0.1, 0.15) is 11.6 Å². The van der Waals surface area contributed by atoms with Crippen LogP contribution in [0.15, 0.2) is 36.4 Å². The van der Waals surface area contributed by atoms with Gasteiger partial charge < -0.3 is 10.4 Å². The van der Waals surface area contributed by atoms with Crippen LogP contribution in [0, 0.1) is 12.7 Å². The molecule has 0 aromatic heterocycles. The molecule has 110 valence electrons. The van der Waals surface area contributed by atoms with Crippen molar-refractivity contribution in [2.75, 3.05) is 5.32 Å². The standard InChI is InChI=1S/C17H18FNO2/c1-10(2)14-9-15(11(3)8-16(14)20)19-17(21)12-4-6-13(18)7-5-12/h4-10,20H,1-3H3,(H,19,21). The van der Waals surface area contributed by atoms with Crippen LogP contribution in [0.5, 0.6) is 5.75 Å². The maximum absolute atomic E-state index is 12.9. The summed E-state index contributed by atoms with van der Waals surface area (Å²) in [4.78, 5) is 12.1. The number of hydrogen-bond donors (Lipinski definition) is 2. The second kappa shape index (κ2) is 5.95. The summed E-state index contributed by atoms with van der Waals surface area (Å²) in [5.41, 5.74) is 2.57. The molecule has 0 aliphatic heterocycles. The van der Waals surface area contributed by atoms with Crippen molar-refractivity contribution in [3.8, 4) is 5.75 Å². The Morgan fingerprint density at radius 3 is 2.38 bits per heavy atom. The number of nitrogens with one attached hydrogen (secondary N) is 1. The first-order valence-corrected chi connectivity index (χ1v) is 6.79. The smallest absolute Gasteiger partial charge is 0.255 e. The zero-order valence-electron chi connectivity index (χ0n) is 12.3. The van der Waals surface area contributed by atoms with Crippen molar-refractivity contribution in [3.05, 3.63) is 58.9 Å². The van der Waals surface area contributed by atoms with Gasteiger partial charge in [0.2, 0.25) is 0 Å². The summed E-state index contributed by atoms with van der Waals surface area (Å²) in [5, 5.41) is 12.7. The molecule has 0 heterocycles. The van der Waals surface area contributed by atoms with E-state index >= 15 is 0 Å². The summed E-state index contributed by atoms with van der Waals surface area (Å²) < 4.78 is 12.9. The van der Waals surface area contributed by atoms with Gasteiger partial charge in [0, 0.05) is 11.3 Å². The second-order valence-electron chi connectivity index (χ2n) is 5.34. The highest BCUT2D eigenvalue weighted by atomic mass is 19.1. The first-order valence-electron chi connectivity index (χ1n) is 6.79. The number of benzene rings is 2. The predicted octanol–water partition coefficient (Wildman–Crippen LogP) is 4.22. The number of anilines is 1. The molecular weight excluding hydrogens is 269 g/mol. The van der Waals surface area contributed by atoms with Crippen molar-refractivity contribution in [2.45, 2.75) is 26.7 Å². The second-order valence-corrected chi connectivity index (χ2v) is 5.34. The van der Waals surface area contributed by atoms with E-state index in [1.54, 1.807) is 12.1 Å². The topological polar surface area (TPSA) is 49.3 Å². The monoisotopic (exact) mass is 287 g/mol. The minimum absolute atomic E-state index is 0.145. The van der Waals surface area contributed by atoms with Gasteiger partial charge in [0.05, 0.1) is 0 Å². The molecule has 2 rings (SSSR count). The summed E-state index contributed by atoms with van der Waals surface area (Å²) >= 11 is 0. The summed E-state index contributed by atoms with van der Waals surface area (Å²) in [6, 6.07) is 8.77. The highest BCUT2D eigenvalue weighted by molar-refractivity contribution is 6.04. The minimum atomic E-state index is -0.380. The zero-order valence-corrected chi connectivity index (χ0v) is 12.3. The number of aryl methyl sites for hydroxylation is 1. The van der Waals surface area contributed by atoms with Crippen molar-refractivity contribution < 1.29 is 14.3 Å². The number of aromatic hydroxyl groups is 1. The Morgan fingerprint density at radius 1 is 1.19 bits per heavy atom. The molecule has 2 N–H and O–H groups in total. The third kappa shape index (κ3) is 3.40. The van der Waals surface area contributed by atoms with Gasteiger partial charge in [0.25, 0.3) is 5.91 Å². The van der Waals surface area contributed by atoms with Gasteiger partial charge in [-0.1, -0.05) is 13.8 Å². The molecule has 3 nitrogen and oxygen atoms in total. The number of carbonyl (C=O) groups excluding carboxylic acids is 1. The Labute approximate surface area is 123 Å². The highest BCUT2D eigenvalue weighted by Gasteiger charge is 2.13. The molecule has 0 bridgehead atoms. The molecule has 2 aromatic rings. The molecule has 0 saturated carbocycles. The molecule has 0 aliphatic rings. The molecule has 1 amide bonds. The van der Waals surface area contributed by atoms with Gasteiger partial charge >= 0.3 is 0 Å². The third-order valence-electron chi connectivity index (χ3n) is 3.35. The van der Waals surface area contributed by atoms with Gasteiger partial charge in [-0.3, -0.25) is 4.79 Å². The van der Waals surface area contributed by atoms with Crippen LogP contribution >= 0.6 is 0 Å². The summed E-state index contributed by atoms with van der Waals surface area (Å²) in [6.07, 6.45) is 0. The predicted molar refractivity (Wildman–Crippen MR) is 81.3 cm³/mol. The number of carbonyl (C=O) groups is 1. The SMILES string of the molecule is Cc1cc(O)c(C(C)C)cc1NC(=O)c1ccc(F)cc1. The number of halogens is 1. The van der Waals surface area contributed by atoms with Crippen LogP contribution in [0.25, 0.3) is 0 Å². The van der Waals surface area contributed by atoms with Crippen molar-refractivity contribution in [1.82, 2.24) is 0 Å². The van der Waals surface area contributed by atoms with Gasteiger partial charge in [-0.25, -0.2) is 4.39 Å². The lowest BCUT2D eigenvalue weighted by atomic mass is 9.99. The third-order valence-corrected chi connectivity index (χ3v) is 3.35. The van der Waals surface area contributed by atoms with E-state index in [0.29, 0.717) is 11.3 Å². The molecule has 2 aromatic carbocycles. The molecule has 0 aliphatic carbocycles. The lowest BCUT2D eigenvalue weighted by Gasteiger charge is -2.14. The quantitative estimate of drug-likeness (QED) is 0.831. The van der Waals surface area contributed by atoms with Crippen molar-refractivity contribution in [3.63, 3.8) is 0 Å². The summed E-state index contributed by atoms with van der Waals surface area (Å²) in [7, 11) is 0. The highest BCUT2D eigenvalue weighted by Crippen LogP contribution is 2.31. The first-order chi connectivity index (χ1) is 9.88. The average molecular weight is 287 g/mol. The largest absolute Gasteiger partial charge is 0.508 e. The lowest BCUT2D eigenvalue weighted by Crippen LogP contribution is -2.13. The molecule has 0 radical (unpaired) electrons. The molecular formula is C17H18FNO2. The van der Waals surface area contributed by atoms with E-state index in [1.165, 1.54) is 24.3 Å². The number of phenolic OH excluding ortho intramolecular Hbond substituents is 1. The van der Waals surface area contributed by atoms with Gasteiger partial charge in [-0.15, -0.1) is 0 Å². The fraction of sp³-hybridized carbons (Fsp3) is 0.235. The van der Waals surface area contributed by atoms with Crippen molar-refractivity contribution in [1.29, 1.82) is 0 Å². The van der Waals surface area contributed by atoms with Crippen LogP contribution in [0.3, 0.4) is 0 Å². The molecule has 0 atom stereocenters. The molecule has 0 fully saturated rings. The molecule has 4 heteroatoms. The van der Waals surface area contributed by atoms with E-state index in [4.69, 9.17) is 0 Å². The Bertz CT molecular complexity index is 663. The van der Waals surface area contributed by atoms with Gasteiger partial charge in [-0.2, -0.15) is 0 Å². The lowest BCUT2D eigenvalue weighted by molar-refractivity contribution is 0.102. The van der Waals surface area contributed by atoms with E-state index in [2.05, 4.69) is 5.32 Å². The molecule has 0 saturated heterocycles. The van der Waals surface area contributed by atoms with Gasteiger partial charge in [0.15, 0.2) is 0 Å². The minimum Gasteiger partial charge on any atom is -0.508 e. The Hall–Kier alpha value is -2.36. The van der Waals surface area contributed by atoms with E-state index in [9.17, 15) is 14.3 Å². The van der Waals surface area contributed by atoms with E-state index in [0.717, 1.165) is 11.1 Å². The maximum atomic E-state index is 12.9. The van der Waals surface area contributed by atoms with Crippen LogP contribution in [0.4, 0.5) is 10.1 Å². The molecule has 21 heavy (non-hydrogen) atoms. The fourth-order valence-corrected chi connectivity index (χ4v) is 2.10. The van der Waals surface area contributed by atoms with Crippen molar-refractivity contribution >= 4 is 11.6 Å². The van der Waals surface area contributed by atoms with Crippen LogP contribution in [-0.2, 0) is 0 Å².